The van der Waals surface area contributed by atoms with Crippen molar-refractivity contribution in [3.63, 3.8) is 0 Å². The number of amides is 3. The van der Waals surface area contributed by atoms with E-state index in [-0.39, 0.29) is 34.7 Å². The summed E-state index contributed by atoms with van der Waals surface area (Å²) in [6.45, 7) is 3.57. The Morgan fingerprint density at radius 1 is 1.00 bits per heavy atom. The predicted octanol–water partition coefficient (Wildman–Crippen LogP) is 5.26. The van der Waals surface area contributed by atoms with Gasteiger partial charge in [0.15, 0.2) is 0 Å². The van der Waals surface area contributed by atoms with Crippen LogP contribution in [-0.2, 0) is 9.53 Å². The van der Waals surface area contributed by atoms with Crippen LogP contribution in [0.4, 0.5) is 5.00 Å². The molecule has 1 aliphatic rings. The van der Waals surface area contributed by atoms with E-state index in [1.807, 2.05) is 0 Å². The van der Waals surface area contributed by atoms with E-state index in [2.05, 4.69) is 5.32 Å². The minimum absolute atomic E-state index is 0.161. The third kappa shape index (κ3) is 4.22. The van der Waals surface area contributed by atoms with Gasteiger partial charge in [0.05, 0.1) is 17.7 Å². The first-order valence-electron chi connectivity index (χ1n) is 10.7. The summed E-state index contributed by atoms with van der Waals surface area (Å²) in [5, 5.41) is 5.33. The molecule has 1 unspecified atom stereocenters. The predicted molar refractivity (Wildman–Crippen MR) is 130 cm³/mol. The topological polar surface area (TPSA) is 92.8 Å². The molecule has 0 spiro atoms. The maximum atomic E-state index is 13.3. The highest BCUT2D eigenvalue weighted by molar-refractivity contribution is 7.15. The highest BCUT2D eigenvalue weighted by Crippen LogP contribution is 2.37. The Kier molecular flexibility index (Phi) is 6.81. The zero-order chi connectivity index (χ0) is 24.4. The summed E-state index contributed by atoms with van der Waals surface area (Å²) in [6, 6.07) is 12.4. The Morgan fingerprint density at radius 3 is 2.18 bits per heavy atom. The molecule has 0 saturated carbocycles. The minimum Gasteiger partial charge on any atom is -0.462 e. The van der Waals surface area contributed by atoms with E-state index in [4.69, 9.17) is 16.3 Å². The van der Waals surface area contributed by atoms with Crippen LogP contribution in [0, 0.1) is 0 Å². The molecule has 0 fully saturated rings. The van der Waals surface area contributed by atoms with Crippen LogP contribution in [0.1, 0.15) is 51.3 Å². The number of nitrogens with zero attached hydrogens (tertiary/aromatic N) is 1. The quantitative estimate of drug-likeness (QED) is 0.356. The Hall–Kier alpha value is -3.49. The zero-order valence-electron chi connectivity index (χ0n) is 18.5. The number of hydrogen-bond acceptors (Lipinski definition) is 6. The molecule has 0 radical (unpaired) electrons. The molecule has 34 heavy (non-hydrogen) atoms. The number of fused-ring (bicyclic) bond motifs is 1. The van der Waals surface area contributed by atoms with Crippen LogP contribution in [-0.4, -0.2) is 41.2 Å². The molecule has 0 saturated heterocycles. The van der Waals surface area contributed by atoms with Crippen LogP contribution in [0.25, 0.3) is 11.1 Å². The summed E-state index contributed by atoms with van der Waals surface area (Å²) in [6.07, 6.45) is 0.210. The number of halogens is 1. The molecular formula is C25H21ClN2O5S. The number of hydrogen-bond donors (Lipinski definition) is 1. The molecule has 1 atom stereocenters. The molecule has 7 nitrogen and oxygen atoms in total. The number of benzene rings is 2. The number of imide groups is 1. The molecule has 1 aliphatic heterocycles. The standard InChI is InChI=1S/C25H21ClN2O5S/c1-3-19(28-23(30)16-7-5-6-8-17(16)24(28)31)21(29)27-22-20(25(32)33-4-2)18(13-34-22)14-9-11-15(26)12-10-14/h5-13,19H,3-4H2,1-2H3,(H,27,29). The van der Waals surface area contributed by atoms with Crippen LogP contribution in [0.2, 0.25) is 5.02 Å². The zero-order valence-corrected chi connectivity index (χ0v) is 20.0. The van der Waals surface area contributed by atoms with Gasteiger partial charge in [-0.05, 0) is 43.2 Å². The lowest BCUT2D eigenvalue weighted by Crippen LogP contribution is -2.46. The van der Waals surface area contributed by atoms with Crippen molar-refractivity contribution < 1.29 is 23.9 Å². The summed E-state index contributed by atoms with van der Waals surface area (Å²) in [7, 11) is 0. The molecule has 0 bridgehead atoms. The molecule has 4 rings (SSSR count). The maximum absolute atomic E-state index is 13.3. The van der Waals surface area contributed by atoms with Crippen LogP contribution < -0.4 is 5.32 Å². The molecule has 174 valence electrons. The van der Waals surface area contributed by atoms with Crippen molar-refractivity contribution in [3.8, 4) is 11.1 Å². The maximum Gasteiger partial charge on any atom is 0.341 e. The van der Waals surface area contributed by atoms with Crippen molar-refractivity contribution in [2.75, 3.05) is 11.9 Å². The van der Waals surface area contributed by atoms with Gasteiger partial charge >= 0.3 is 5.97 Å². The van der Waals surface area contributed by atoms with Crippen LogP contribution in [0.15, 0.2) is 53.9 Å². The van der Waals surface area contributed by atoms with Crippen molar-refractivity contribution in [1.29, 1.82) is 0 Å². The normalized spacial score (nSPS) is 13.6. The molecule has 3 amide bonds. The average Bonchev–Trinajstić information content (AvgIpc) is 3.35. The Morgan fingerprint density at radius 2 is 1.62 bits per heavy atom. The summed E-state index contributed by atoms with van der Waals surface area (Å²) < 4.78 is 5.23. The molecule has 9 heteroatoms. The third-order valence-corrected chi connectivity index (χ3v) is 6.64. The highest BCUT2D eigenvalue weighted by atomic mass is 35.5. The summed E-state index contributed by atoms with van der Waals surface area (Å²) in [5.41, 5.74) is 2.07. The van der Waals surface area contributed by atoms with Crippen molar-refractivity contribution in [2.45, 2.75) is 26.3 Å². The minimum atomic E-state index is -1.04. The van der Waals surface area contributed by atoms with Crippen molar-refractivity contribution >= 4 is 51.6 Å². The number of carbonyl (C=O) groups is 4. The van der Waals surface area contributed by atoms with Crippen molar-refractivity contribution in [1.82, 2.24) is 4.90 Å². The van der Waals surface area contributed by atoms with E-state index >= 15 is 0 Å². The third-order valence-electron chi connectivity index (χ3n) is 5.49. The summed E-state index contributed by atoms with van der Waals surface area (Å²) >= 11 is 7.15. The fourth-order valence-corrected chi connectivity index (χ4v) is 4.96. The highest BCUT2D eigenvalue weighted by Gasteiger charge is 2.42. The number of esters is 1. The van der Waals surface area contributed by atoms with Gasteiger partial charge in [-0.2, -0.15) is 0 Å². The van der Waals surface area contributed by atoms with Gasteiger partial charge < -0.3 is 10.1 Å². The molecule has 3 aromatic rings. The van der Waals surface area contributed by atoms with Gasteiger partial charge in [-0.15, -0.1) is 11.3 Å². The van der Waals surface area contributed by atoms with Gasteiger partial charge in [0.25, 0.3) is 11.8 Å². The second-order valence-corrected chi connectivity index (χ2v) is 8.84. The lowest BCUT2D eigenvalue weighted by Gasteiger charge is -2.24. The average molecular weight is 497 g/mol. The van der Waals surface area contributed by atoms with Crippen molar-refractivity contribution in [3.05, 3.63) is 75.6 Å². The van der Waals surface area contributed by atoms with E-state index in [9.17, 15) is 19.2 Å². The molecular weight excluding hydrogens is 476 g/mol. The molecule has 2 heterocycles. The monoisotopic (exact) mass is 496 g/mol. The summed E-state index contributed by atoms with van der Waals surface area (Å²) in [4.78, 5) is 52.8. The molecule has 0 aliphatic carbocycles. The van der Waals surface area contributed by atoms with Crippen molar-refractivity contribution in [2.24, 2.45) is 0 Å². The fraction of sp³-hybridized carbons (Fsp3) is 0.200. The first-order chi connectivity index (χ1) is 16.4. The van der Waals surface area contributed by atoms with Gasteiger partial charge in [-0.3, -0.25) is 19.3 Å². The second kappa shape index (κ2) is 9.79. The SMILES string of the molecule is CCOC(=O)c1c(-c2ccc(Cl)cc2)csc1NC(=O)C(CC)N1C(=O)c2ccccc2C1=O. The number of rotatable bonds is 7. The first-order valence-corrected chi connectivity index (χ1v) is 11.9. The van der Waals surface area contributed by atoms with E-state index in [1.54, 1.807) is 67.8 Å². The smallest absolute Gasteiger partial charge is 0.341 e. The van der Waals surface area contributed by atoms with Crippen LogP contribution in [0.3, 0.4) is 0 Å². The lowest BCUT2D eigenvalue weighted by atomic mass is 10.0. The number of ether oxygens (including phenoxy) is 1. The van der Waals surface area contributed by atoms with Gasteiger partial charge in [-0.25, -0.2) is 4.79 Å². The van der Waals surface area contributed by atoms with Gasteiger partial charge in [0.2, 0.25) is 5.91 Å². The van der Waals surface area contributed by atoms with E-state index < -0.39 is 29.7 Å². The van der Waals surface area contributed by atoms with Crippen LogP contribution in [0.5, 0.6) is 0 Å². The molecule has 1 N–H and O–H groups in total. The fourth-order valence-electron chi connectivity index (χ4n) is 3.87. The van der Waals surface area contributed by atoms with Gasteiger partial charge in [-0.1, -0.05) is 42.8 Å². The van der Waals surface area contributed by atoms with E-state index in [0.29, 0.717) is 10.6 Å². The summed E-state index contributed by atoms with van der Waals surface area (Å²) in [5.74, 6) is -2.17. The number of thiophene rings is 1. The Balaban J connectivity index is 1.66. The number of anilines is 1. The lowest BCUT2D eigenvalue weighted by molar-refractivity contribution is -0.120. The Labute approximate surface area is 205 Å². The first kappa shape index (κ1) is 23.7. The molecule has 1 aromatic heterocycles. The molecule has 2 aromatic carbocycles. The second-order valence-electron chi connectivity index (χ2n) is 7.52. The van der Waals surface area contributed by atoms with E-state index in [0.717, 1.165) is 21.8 Å². The van der Waals surface area contributed by atoms with E-state index in [1.165, 1.54) is 0 Å². The number of carbonyl (C=O) groups excluding carboxylic acids is 4. The Bertz CT molecular complexity index is 1250. The van der Waals surface area contributed by atoms with Crippen LogP contribution >= 0.6 is 22.9 Å². The number of nitrogens with one attached hydrogen (secondary N) is 1. The van der Waals surface area contributed by atoms with Gasteiger partial charge in [0, 0.05) is 16.0 Å². The van der Waals surface area contributed by atoms with Gasteiger partial charge in [0.1, 0.15) is 16.6 Å². The largest absolute Gasteiger partial charge is 0.462 e.